The minimum absolute atomic E-state index is 0.115. The number of para-hydroxylation sites is 1. The van der Waals surface area contributed by atoms with Gasteiger partial charge in [-0.1, -0.05) is 42.5 Å². The third-order valence-electron chi connectivity index (χ3n) is 6.30. The molecule has 0 fully saturated rings. The fraction of sp³-hybridized carbons (Fsp3) is 0.192. The standard InChI is InChI=1S/C26H23N7O3/c1-16-24-19(18-9-6-10-20(35-2)25(18)36-14-17-7-4-3-5-8-17)13-23(34)28-26(24)33(30-16)22-12-11-21-29-27-15-32(21)31-22/h3-12,15,19H,13-14H2,1-2H3,(H,28,34). The zero-order valence-electron chi connectivity index (χ0n) is 19.8. The minimum atomic E-state index is -0.276. The summed E-state index contributed by atoms with van der Waals surface area (Å²) >= 11 is 0. The van der Waals surface area contributed by atoms with Crippen LogP contribution in [0.15, 0.2) is 67.0 Å². The molecule has 2 aromatic carbocycles. The lowest BCUT2D eigenvalue weighted by molar-refractivity contribution is -0.116. The van der Waals surface area contributed by atoms with Gasteiger partial charge in [0.25, 0.3) is 0 Å². The van der Waals surface area contributed by atoms with E-state index in [0.717, 1.165) is 22.4 Å². The molecule has 5 aromatic rings. The van der Waals surface area contributed by atoms with Crippen LogP contribution in [0.25, 0.3) is 11.5 Å². The average Bonchev–Trinajstić information content (AvgIpc) is 3.51. The molecule has 0 saturated heterocycles. The SMILES string of the molecule is COc1cccc(C2CC(=O)Nc3c2c(C)nn3-c2ccc3nncn3n2)c1OCc1ccccc1. The van der Waals surface area contributed by atoms with Gasteiger partial charge in [0.05, 0.1) is 12.8 Å². The lowest BCUT2D eigenvalue weighted by Gasteiger charge is -2.26. The van der Waals surface area contributed by atoms with Crippen molar-refractivity contribution in [3.8, 4) is 17.3 Å². The van der Waals surface area contributed by atoms with E-state index in [1.54, 1.807) is 28.4 Å². The summed E-state index contributed by atoms with van der Waals surface area (Å²) in [5, 5.41) is 20.2. The summed E-state index contributed by atoms with van der Waals surface area (Å²) in [4.78, 5) is 12.9. The number of ether oxygens (including phenoxy) is 2. The fourth-order valence-corrected chi connectivity index (χ4v) is 4.66. The molecule has 6 rings (SSSR count). The highest BCUT2D eigenvalue weighted by Gasteiger charge is 2.35. The molecular weight excluding hydrogens is 458 g/mol. The second-order valence-corrected chi connectivity index (χ2v) is 8.54. The number of benzene rings is 2. The van der Waals surface area contributed by atoms with E-state index < -0.39 is 0 Å². The third-order valence-corrected chi connectivity index (χ3v) is 6.30. The zero-order chi connectivity index (χ0) is 24.6. The van der Waals surface area contributed by atoms with Crippen LogP contribution < -0.4 is 14.8 Å². The maximum absolute atomic E-state index is 12.9. The van der Waals surface area contributed by atoms with Gasteiger partial charge in [0.15, 0.2) is 23.0 Å². The molecule has 0 aliphatic carbocycles. The van der Waals surface area contributed by atoms with Crippen molar-refractivity contribution in [2.45, 2.75) is 25.9 Å². The zero-order valence-corrected chi connectivity index (χ0v) is 19.8. The number of nitrogens with one attached hydrogen (secondary N) is 1. The van der Waals surface area contributed by atoms with Crippen LogP contribution in [0.1, 0.15) is 34.7 Å². The van der Waals surface area contributed by atoms with Crippen LogP contribution in [-0.2, 0) is 11.4 Å². The summed E-state index contributed by atoms with van der Waals surface area (Å²) in [5.41, 5.74) is 4.23. The lowest BCUT2D eigenvalue weighted by Crippen LogP contribution is -2.25. The molecule has 3 aromatic heterocycles. The minimum Gasteiger partial charge on any atom is -0.493 e. The maximum atomic E-state index is 12.9. The molecule has 1 aliphatic rings. The molecule has 0 saturated carbocycles. The fourth-order valence-electron chi connectivity index (χ4n) is 4.66. The Labute approximate surface area is 206 Å². The molecule has 1 unspecified atom stereocenters. The second kappa shape index (κ2) is 8.81. The Bertz CT molecular complexity index is 1580. The normalized spacial score (nSPS) is 14.9. The van der Waals surface area contributed by atoms with Crippen LogP contribution in [0.5, 0.6) is 11.5 Å². The van der Waals surface area contributed by atoms with Crippen molar-refractivity contribution in [1.82, 2.24) is 29.6 Å². The number of aryl methyl sites for hydroxylation is 1. The van der Waals surface area contributed by atoms with Gasteiger partial charge in [-0.25, -0.2) is 0 Å². The van der Waals surface area contributed by atoms with E-state index in [4.69, 9.17) is 14.6 Å². The van der Waals surface area contributed by atoms with E-state index in [2.05, 4.69) is 20.6 Å². The second-order valence-electron chi connectivity index (χ2n) is 8.54. The molecule has 0 radical (unpaired) electrons. The van der Waals surface area contributed by atoms with Gasteiger partial charge in [0.2, 0.25) is 5.91 Å². The van der Waals surface area contributed by atoms with Crippen molar-refractivity contribution >= 4 is 17.4 Å². The largest absolute Gasteiger partial charge is 0.493 e. The number of carbonyl (C=O) groups is 1. The molecule has 10 heteroatoms. The van der Waals surface area contributed by atoms with Gasteiger partial charge in [0, 0.05) is 23.5 Å². The number of aromatic nitrogens is 6. The van der Waals surface area contributed by atoms with E-state index >= 15 is 0 Å². The first-order valence-corrected chi connectivity index (χ1v) is 11.5. The highest BCUT2D eigenvalue weighted by Crippen LogP contribution is 2.45. The van der Waals surface area contributed by atoms with Crippen molar-refractivity contribution < 1.29 is 14.3 Å². The first-order valence-electron chi connectivity index (χ1n) is 11.5. The monoisotopic (exact) mass is 481 g/mol. The third kappa shape index (κ3) is 3.72. The van der Waals surface area contributed by atoms with Gasteiger partial charge in [-0.05, 0) is 30.7 Å². The Kier molecular flexibility index (Phi) is 5.33. The lowest BCUT2D eigenvalue weighted by atomic mass is 9.85. The average molecular weight is 482 g/mol. The van der Waals surface area contributed by atoms with Crippen LogP contribution >= 0.6 is 0 Å². The molecule has 4 heterocycles. The van der Waals surface area contributed by atoms with Crippen molar-refractivity contribution in [3.63, 3.8) is 0 Å². The summed E-state index contributed by atoms with van der Waals surface area (Å²) in [6, 6.07) is 19.3. The first kappa shape index (κ1) is 21.8. The number of anilines is 1. The molecule has 1 N–H and O–H groups in total. The Morgan fingerprint density at radius 2 is 1.92 bits per heavy atom. The number of rotatable bonds is 6. The summed E-state index contributed by atoms with van der Waals surface area (Å²) in [6.07, 6.45) is 1.78. The Hall–Kier alpha value is -4.73. The van der Waals surface area contributed by atoms with Crippen molar-refractivity contribution in [1.29, 1.82) is 0 Å². The molecule has 0 bridgehead atoms. The Morgan fingerprint density at radius 1 is 1.06 bits per heavy atom. The van der Waals surface area contributed by atoms with Gasteiger partial charge < -0.3 is 14.8 Å². The number of fused-ring (bicyclic) bond motifs is 2. The molecule has 1 amide bonds. The van der Waals surface area contributed by atoms with Gasteiger partial charge in [-0.2, -0.15) is 14.3 Å². The predicted molar refractivity (Wildman–Crippen MR) is 131 cm³/mol. The van der Waals surface area contributed by atoms with Crippen LogP contribution in [0.3, 0.4) is 0 Å². The number of amides is 1. The van der Waals surface area contributed by atoms with Crippen LogP contribution in [0, 0.1) is 6.92 Å². The Morgan fingerprint density at radius 3 is 2.75 bits per heavy atom. The van der Waals surface area contributed by atoms with Crippen molar-refractivity contribution in [3.05, 3.63) is 89.4 Å². The van der Waals surface area contributed by atoms with Crippen LogP contribution in [-0.4, -0.2) is 42.6 Å². The van der Waals surface area contributed by atoms with E-state index in [1.165, 1.54) is 6.33 Å². The topological polar surface area (TPSA) is 108 Å². The van der Waals surface area contributed by atoms with Crippen LogP contribution in [0.2, 0.25) is 0 Å². The number of methoxy groups -OCH3 is 1. The van der Waals surface area contributed by atoms with Gasteiger partial charge in [-0.15, -0.1) is 15.3 Å². The van der Waals surface area contributed by atoms with E-state index in [9.17, 15) is 4.79 Å². The summed E-state index contributed by atoms with van der Waals surface area (Å²) in [7, 11) is 1.61. The van der Waals surface area contributed by atoms with Crippen molar-refractivity contribution in [2.75, 3.05) is 12.4 Å². The maximum Gasteiger partial charge on any atom is 0.226 e. The Balaban J connectivity index is 1.44. The number of hydrogen-bond acceptors (Lipinski definition) is 7. The van der Waals surface area contributed by atoms with E-state index in [1.807, 2.05) is 55.5 Å². The van der Waals surface area contributed by atoms with Crippen LogP contribution in [0.4, 0.5) is 5.82 Å². The number of hydrogen-bond donors (Lipinski definition) is 1. The predicted octanol–water partition coefficient (Wildman–Crippen LogP) is 3.68. The summed E-state index contributed by atoms with van der Waals surface area (Å²) in [6.45, 7) is 2.31. The molecule has 1 aliphatic heterocycles. The quantitative estimate of drug-likeness (QED) is 0.394. The smallest absolute Gasteiger partial charge is 0.226 e. The number of carbonyl (C=O) groups excluding carboxylic acids is 1. The molecule has 180 valence electrons. The summed E-state index contributed by atoms with van der Waals surface area (Å²) < 4.78 is 15.2. The first-order chi connectivity index (χ1) is 17.6. The van der Waals surface area contributed by atoms with Gasteiger partial charge >= 0.3 is 0 Å². The van der Waals surface area contributed by atoms with E-state index in [0.29, 0.717) is 35.4 Å². The summed E-state index contributed by atoms with van der Waals surface area (Å²) in [5.74, 6) is 1.97. The molecule has 10 nitrogen and oxygen atoms in total. The highest BCUT2D eigenvalue weighted by molar-refractivity contribution is 5.95. The molecule has 36 heavy (non-hydrogen) atoms. The van der Waals surface area contributed by atoms with Gasteiger partial charge in [-0.3, -0.25) is 4.79 Å². The molecule has 0 spiro atoms. The van der Waals surface area contributed by atoms with E-state index in [-0.39, 0.29) is 18.2 Å². The highest BCUT2D eigenvalue weighted by atomic mass is 16.5. The van der Waals surface area contributed by atoms with Crippen molar-refractivity contribution in [2.24, 2.45) is 0 Å². The number of nitrogens with zero attached hydrogens (tertiary/aromatic N) is 6. The molecular formula is C26H23N7O3. The molecule has 1 atom stereocenters. The van der Waals surface area contributed by atoms with Gasteiger partial charge in [0.1, 0.15) is 18.8 Å².